The molecule has 0 bridgehead atoms. The summed E-state index contributed by atoms with van der Waals surface area (Å²) in [6.45, 7) is 4.31. The van der Waals surface area contributed by atoms with E-state index in [9.17, 15) is 9.18 Å². The van der Waals surface area contributed by atoms with E-state index in [1.54, 1.807) is 36.8 Å². The molecule has 0 fully saturated rings. The minimum atomic E-state index is -0.310. The standard InChI is InChI=1S/C21H19FN2O3S/c1-3-10-27-18-9-6-15(11-19(18)26-2)21-24-17(13-28-21)20(25)23-12-14-4-7-16(22)8-5-14/h3-9,11,13H,1,10,12H2,2H3,(H,23,25). The van der Waals surface area contributed by atoms with Crippen molar-refractivity contribution >= 4 is 17.2 Å². The van der Waals surface area contributed by atoms with E-state index in [1.807, 2.05) is 12.1 Å². The maximum absolute atomic E-state index is 12.9. The molecule has 28 heavy (non-hydrogen) atoms. The summed E-state index contributed by atoms with van der Waals surface area (Å²) in [4.78, 5) is 16.7. The van der Waals surface area contributed by atoms with Crippen LogP contribution in [0.15, 0.2) is 60.5 Å². The SMILES string of the molecule is C=CCOc1ccc(-c2nc(C(=O)NCc3ccc(F)cc3)cs2)cc1OC. The summed E-state index contributed by atoms with van der Waals surface area (Å²) in [5.41, 5.74) is 1.96. The number of amides is 1. The van der Waals surface area contributed by atoms with Crippen molar-refractivity contribution in [3.05, 3.63) is 77.6 Å². The van der Waals surface area contributed by atoms with Gasteiger partial charge in [-0.15, -0.1) is 11.3 Å². The first-order chi connectivity index (χ1) is 13.6. The highest BCUT2D eigenvalue weighted by Crippen LogP contribution is 2.33. The lowest BCUT2D eigenvalue weighted by atomic mass is 10.2. The van der Waals surface area contributed by atoms with Crippen molar-refractivity contribution < 1.29 is 18.7 Å². The van der Waals surface area contributed by atoms with E-state index in [4.69, 9.17) is 9.47 Å². The van der Waals surface area contributed by atoms with Gasteiger partial charge in [0.1, 0.15) is 23.1 Å². The second kappa shape index (κ2) is 9.14. The number of halogens is 1. The number of methoxy groups -OCH3 is 1. The van der Waals surface area contributed by atoms with Gasteiger partial charge in [0.05, 0.1) is 7.11 Å². The van der Waals surface area contributed by atoms with Crippen LogP contribution in [0.1, 0.15) is 16.1 Å². The molecule has 0 saturated heterocycles. The van der Waals surface area contributed by atoms with Crippen LogP contribution in [0.5, 0.6) is 11.5 Å². The Morgan fingerprint density at radius 2 is 2.04 bits per heavy atom. The summed E-state index contributed by atoms with van der Waals surface area (Å²) in [6.07, 6.45) is 1.66. The Morgan fingerprint density at radius 1 is 1.25 bits per heavy atom. The quantitative estimate of drug-likeness (QED) is 0.570. The topological polar surface area (TPSA) is 60.5 Å². The van der Waals surface area contributed by atoms with Crippen LogP contribution >= 0.6 is 11.3 Å². The van der Waals surface area contributed by atoms with Crippen LogP contribution in [-0.2, 0) is 6.54 Å². The normalized spacial score (nSPS) is 10.4. The van der Waals surface area contributed by atoms with Crippen LogP contribution in [0.25, 0.3) is 10.6 Å². The molecule has 1 aromatic heterocycles. The second-order valence-corrected chi connectivity index (χ2v) is 6.67. The molecule has 0 aliphatic heterocycles. The molecule has 7 heteroatoms. The fourth-order valence-corrected chi connectivity index (χ4v) is 3.25. The number of nitrogens with zero attached hydrogens (tertiary/aromatic N) is 1. The molecule has 0 spiro atoms. The first-order valence-electron chi connectivity index (χ1n) is 8.51. The van der Waals surface area contributed by atoms with E-state index in [0.717, 1.165) is 11.1 Å². The minimum Gasteiger partial charge on any atom is -0.493 e. The molecule has 1 amide bonds. The smallest absolute Gasteiger partial charge is 0.271 e. The van der Waals surface area contributed by atoms with Crippen LogP contribution in [0.2, 0.25) is 0 Å². The van der Waals surface area contributed by atoms with E-state index >= 15 is 0 Å². The number of nitrogens with one attached hydrogen (secondary N) is 1. The molecular formula is C21H19FN2O3S. The molecule has 2 aromatic carbocycles. The number of thiazole rings is 1. The Labute approximate surface area is 166 Å². The van der Waals surface area contributed by atoms with E-state index in [-0.39, 0.29) is 11.7 Å². The number of carbonyl (C=O) groups is 1. The van der Waals surface area contributed by atoms with Gasteiger partial charge < -0.3 is 14.8 Å². The van der Waals surface area contributed by atoms with Crippen molar-refractivity contribution in [1.29, 1.82) is 0 Å². The lowest BCUT2D eigenvalue weighted by molar-refractivity contribution is 0.0946. The number of hydrogen-bond donors (Lipinski definition) is 1. The zero-order chi connectivity index (χ0) is 19.9. The molecule has 1 N–H and O–H groups in total. The van der Waals surface area contributed by atoms with Gasteiger partial charge in [0.15, 0.2) is 11.5 Å². The molecule has 3 rings (SSSR count). The predicted molar refractivity (Wildman–Crippen MR) is 107 cm³/mol. The van der Waals surface area contributed by atoms with Gasteiger partial charge in [-0.25, -0.2) is 9.37 Å². The molecule has 0 unspecified atom stereocenters. The van der Waals surface area contributed by atoms with Crippen molar-refractivity contribution in [1.82, 2.24) is 10.3 Å². The number of carbonyl (C=O) groups excluding carboxylic acids is 1. The zero-order valence-electron chi connectivity index (χ0n) is 15.3. The molecule has 0 aliphatic rings. The van der Waals surface area contributed by atoms with Gasteiger partial charge in [0.2, 0.25) is 0 Å². The lowest BCUT2D eigenvalue weighted by Gasteiger charge is -2.10. The van der Waals surface area contributed by atoms with Gasteiger partial charge in [-0.05, 0) is 35.9 Å². The average molecular weight is 398 g/mol. The van der Waals surface area contributed by atoms with Gasteiger partial charge in [-0.2, -0.15) is 0 Å². The van der Waals surface area contributed by atoms with Gasteiger partial charge in [-0.1, -0.05) is 24.8 Å². The third kappa shape index (κ3) is 4.75. The van der Waals surface area contributed by atoms with Crippen LogP contribution in [0, 0.1) is 5.82 Å². The monoisotopic (exact) mass is 398 g/mol. The van der Waals surface area contributed by atoms with Gasteiger partial charge in [-0.3, -0.25) is 4.79 Å². The number of hydrogen-bond acceptors (Lipinski definition) is 5. The molecular weight excluding hydrogens is 379 g/mol. The fraction of sp³-hybridized carbons (Fsp3) is 0.143. The molecule has 144 valence electrons. The maximum atomic E-state index is 12.9. The summed E-state index contributed by atoms with van der Waals surface area (Å²) in [5, 5.41) is 5.18. The van der Waals surface area contributed by atoms with Crippen molar-refractivity contribution in [2.75, 3.05) is 13.7 Å². The highest BCUT2D eigenvalue weighted by atomic mass is 32.1. The van der Waals surface area contributed by atoms with E-state index < -0.39 is 0 Å². The minimum absolute atomic E-state index is 0.287. The predicted octanol–water partition coefficient (Wildman–Crippen LogP) is 4.45. The summed E-state index contributed by atoms with van der Waals surface area (Å²) >= 11 is 1.36. The summed E-state index contributed by atoms with van der Waals surface area (Å²) in [6, 6.07) is 11.5. The summed E-state index contributed by atoms with van der Waals surface area (Å²) in [5.74, 6) is 0.595. The Morgan fingerprint density at radius 3 is 2.75 bits per heavy atom. The highest BCUT2D eigenvalue weighted by molar-refractivity contribution is 7.13. The molecule has 3 aromatic rings. The van der Waals surface area contributed by atoms with Gasteiger partial charge >= 0.3 is 0 Å². The fourth-order valence-electron chi connectivity index (χ4n) is 2.45. The van der Waals surface area contributed by atoms with Crippen molar-refractivity contribution in [3.63, 3.8) is 0 Å². The number of aromatic nitrogens is 1. The first-order valence-corrected chi connectivity index (χ1v) is 9.39. The third-order valence-electron chi connectivity index (χ3n) is 3.87. The van der Waals surface area contributed by atoms with Gasteiger partial charge in [0, 0.05) is 17.5 Å². The Balaban J connectivity index is 1.69. The average Bonchev–Trinajstić information content (AvgIpc) is 3.22. The summed E-state index contributed by atoms with van der Waals surface area (Å²) < 4.78 is 23.8. The lowest BCUT2D eigenvalue weighted by Crippen LogP contribution is -2.23. The van der Waals surface area contributed by atoms with E-state index in [1.165, 1.54) is 23.5 Å². The molecule has 0 radical (unpaired) electrons. The highest BCUT2D eigenvalue weighted by Gasteiger charge is 2.14. The summed E-state index contributed by atoms with van der Waals surface area (Å²) in [7, 11) is 1.57. The third-order valence-corrected chi connectivity index (χ3v) is 4.76. The van der Waals surface area contributed by atoms with Crippen molar-refractivity contribution in [3.8, 4) is 22.1 Å². The van der Waals surface area contributed by atoms with Crippen LogP contribution < -0.4 is 14.8 Å². The Hall–Kier alpha value is -3.19. The largest absolute Gasteiger partial charge is 0.493 e. The second-order valence-electron chi connectivity index (χ2n) is 5.81. The molecule has 0 atom stereocenters. The van der Waals surface area contributed by atoms with Crippen molar-refractivity contribution in [2.45, 2.75) is 6.54 Å². The molecule has 0 aliphatic carbocycles. The van der Waals surface area contributed by atoms with Crippen LogP contribution in [0.4, 0.5) is 4.39 Å². The van der Waals surface area contributed by atoms with Crippen molar-refractivity contribution in [2.24, 2.45) is 0 Å². The Bertz CT molecular complexity index is 970. The van der Waals surface area contributed by atoms with Gasteiger partial charge in [0.25, 0.3) is 5.91 Å². The maximum Gasteiger partial charge on any atom is 0.271 e. The van der Waals surface area contributed by atoms with E-state index in [2.05, 4.69) is 16.9 Å². The molecule has 0 saturated carbocycles. The first kappa shape index (κ1) is 19.6. The number of benzene rings is 2. The van der Waals surface area contributed by atoms with E-state index in [0.29, 0.717) is 35.4 Å². The zero-order valence-corrected chi connectivity index (χ0v) is 16.1. The molecule has 1 heterocycles. The number of ether oxygens (including phenoxy) is 2. The van der Waals surface area contributed by atoms with Crippen LogP contribution in [-0.4, -0.2) is 24.6 Å². The number of rotatable bonds is 8. The van der Waals surface area contributed by atoms with Crippen LogP contribution in [0.3, 0.4) is 0 Å². The Kier molecular flexibility index (Phi) is 6.39. The molecule has 5 nitrogen and oxygen atoms in total.